The van der Waals surface area contributed by atoms with E-state index in [1.165, 1.54) is 24.3 Å². The zero-order valence-electron chi connectivity index (χ0n) is 37.6. The molecule has 0 N–H and O–H groups in total. The minimum Gasteiger partial charge on any atom is -0.309 e. The van der Waals surface area contributed by atoms with Crippen LogP contribution >= 0.6 is 0 Å². The molecule has 3 aromatic heterocycles. The molecule has 0 atom stereocenters. The maximum atomic E-state index is 14.5. The van der Waals surface area contributed by atoms with Crippen molar-refractivity contribution in [1.29, 1.82) is 5.26 Å². The van der Waals surface area contributed by atoms with Crippen LogP contribution in [0.1, 0.15) is 16.7 Å². The summed E-state index contributed by atoms with van der Waals surface area (Å²) in [5.41, 5.74) is 6.53. The van der Waals surface area contributed by atoms with E-state index in [-0.39, 0.29) is 5.82 Å². The lowest BCUT2D eigenvalue weighted by Crippen LogP contribution is -2.07. The third-order valence-electron chi connectivity index (χ3n) is 13.1. The Bertz CT molecular complexity index is 4090. The van der Waals surface area contributed by atoms with Crippen molar-refractivity contribution in [2.45, 2.75) is 12.4 Å². The molecule has 0 aliphatic heterocycles. The van der Waals surface area contributed by atoms with Crippen molar-refractivity contribution in [3.63, 3.8) is 0 Å². The molecule has 0 saturated carbocycles. The Kier molecular flexibility index (Phi) is 10.3. The molecule has 0 saturated heterocycles. The van der Waals surface area contributed by atoms with Crippen molar-refractivity contribution in [1.82, 2.24) is 24.1 Å². The number of hydrogen-bond donors (Lipinski definition) is 0. The first kappa shape index (κ1) is 43.9. The van der Waals surface area contributed by atoms with Gasteiger partial charge in [-0.05, 0) is 89.5 Å². The smallest absolute Gasteiger partial charge is 0.309 e. The Morgan fingerprint density at radius 3 is 1.39 bits per heavy atom. The Labute approximate surface area is 407 Å². The third-order valence-corrected chi connectivity index (χ3v) is 13.1. The lowest BCUT2D eigenvalue weighted by molar-refractivity contribution is -0.138. The first-order chi connectivity index (χ1) is 34.9. The Morgan fingerprint density at radius 2 is 0.833 bits per heavy atom. The summed E-state index contributed by atoms with van der Waals surface area (Å²) >= 11 is 0. The molecule has 12 heteroatoms. The van der Waals surface area contributed by atoms with Crippen LogP contribution in [0.2, 0.25) is 0 Å². The number of nitriles is 1. The van der Waals surface area contributed by atoms with E-state index in [9.17, 15) is 31.6 Å². The summed E-state index contributed by atoms with van der Waals surface area (Å²) in [6.45, 7) is 0. The van der Waals surface area contributed by atoms with Crippen molar-refractivity contribution in [2.24, 2.45) is 0 Å². The van der Waals surface area contributed by atoms with E-state index in [1.54, 1.807) is 36.4 Å². The SMILES string of the molecule is N#Cc1ccccc1-c1ccc(-n2c3ccccc3c3cc(C(F)(F)F)ccc32)c(-c2cccc(-n3c4ccccc4c4cc(C(F)(F)F)ccc43)c2-c2nc(-c3ccccc3)nc(-c3ccccc3)n2)c1. The summed E-state index contributed by atoms with van der Waals surface area (Å²) in [6, 6.07) is 61.8. The number of benzene rings is 9. The molecule has 0 spiro atoms. The van der Waals surface area contributed by atoms with Crippen LogP contribution in [0, 0.1) is 11.3 Å². The molecule has 0 aliphatic carbocycles. The molecule has 72 heavy (non-hydrogen) atoms. The van der Waals surface area contributed by atoms with E-state index in [0.29, 0.717) is 111 Å². The molecule has 0 bridgehead atoms. The monoisotopic (exact) mass is 952 g/mol. The summed E-state index contributed by atoms with van der Waals surface area (Å²) < 4.78 is 90.4. The van der Waals surface area contributed by atoms with Gasteiger partial charge < -0.3 is 9.13 Å². The molecule has 12 rings (SSSR count). The maximum Gasteiger partial charge on any atom is 0.416 e. The normalized spacial score (nSPS) is 12.0. The summed E-state index contributed by atoms with van der Waals surface area (Å²) in [5, 5.41) is 12.3. The van der Waals surface area contributed by atoms with Crippen LogP contribution in [0.5, 0.6) is 0 Å². The van der Waals surface area contributed by atoms with E-state index < -0.39 is 23.5 Å². The quantitative estimate of drug-likeness (QED) is 0.149. The van der Waals surface area contributed by atoms with Gasteiger partial charge in [0, 0.05) is 38.2 Å². The molecule has 0 fully saturated rings. The summed E-state index contributed by atoms with van der Waals surface area (Å²) in [5.74, 6) is 0.950. The lowest BCUT2D eigenvalue weighted by atomic mass is 9.91. The van der Waals surface area contributed by atoms with Crippen LogP contribution in [0.3, 0.4) is 0 Å². The Hall–Kier alpha value is -9.34. The predicted octanol–water partition coefficient (Wildman–Crippen LogP) is 16.3. The molecule has 6 nitrogen and oxygen atoms in total. The fourth-order valence-electron chi connectivity index (χ4n) is 9.87. The summed E-state index contributed by atoms with van der Waals surface area (Å²) in [4.78, 5) is 15.5. The first-order valence-corrected chi connectivity index (χ1v) is 22.8. The Balaban J connectivity index is 1.25. The van der Waals surface area contributed by atoms with Gasteiger partial charge in [0.2, 0.25) is 0 Å². The van der Waals surface area contributed by atoms with E-state index in [1.807, 2.05) is 143 Å². The van der Waals surface area contributed by atoms with Gasteiger partial charge >= 0.3 is 12.4 Å². The number of hydrogen-bond acceptors (Lipinski definition) is 4. The molecule has 9 aromatic carbocycles. The maximum absolute atomic E-state index is 14.5. The fraction of sp³-hybridized carbons (Fsp3) is 0.0333. The molecule has 0 radical (unpaired) electrons. The molecule has 3 heterocycles. The van der Waals surface area contributed by atoms with Crippen LogP contribution in [0.4, 0.5) is 26.3 Å². The number of halogens is 6. The van der Waals surface area contributed by atoms with E-state index in [0.717, 1.165) is 12.1 Å². The zero-order chi connectivity index (χ0) is 49.3. The number of para-hydroxylation sites is 2. The van der Waals surface area contributed by atoms with Crippen molar-refractivity contribution < 1.29 is 26.3 Å². The van der Waals surface area contributed by atoms with Gasteiger partial charge in [-0.1, -0.05) is 133 Å². The lowest BCUT2D eigenvalue weighted by Gasteiger charge is -2.21. The Morgan fingerprint density at radius 1 is 0.361 bits per heavy atom. The summed E-state index contributed by atoms with van der Waals surface area (Å²) in [7, 11) is 0. The van der Waals surface area contributed by atoms with E-state index in [4.69, 9.17) is 15.0 Å². The van der Waals surface area contributed by atoms with Gasteiger partial charge in [0.05, 0.1) is 61.8 Å². The van der Waals surface area contributed by atoms with Crippen molar-refractivity contribution >= 4 is 43.6 Å². The second kappa shape index (κ2) is 17.0. The first-order valence-electron chi connectivity index (χ1n) is 22.8. The summed E-state index contributed by atoms with van der Waals surface area (Å²) in [6.07, 6.45) is -9.21. The minimum absolute atomic E-state index is 0.233. The van der Waals surface area contributed by atoms with Crippen LogP contribution < -0.4 is 0 Å². The van der Waals surface area contributed by atoms with Gasteiger partial charge in [-0.3, -0.25) is 0 Å². The molecule has 346 valence electrons. The molecule has 0 aliphatic rings. The van der Waals surface area contributed by atoms with E-state index in [2.05, 4.69) is 6.07 Å². The van der Waals surface area contributed by atoms with Crippen molar-refractivity contribution in [3.05, 3.63) is 223 Å². The number of fused-ring (bicyclic) bond motifs is 6. The largest absolute Gasteiger partial charge is 0.416 e. The highest BCUT2D eigenvalue weighted by Crippen LogP contribution is 2.46. The van der Waals surface area contributed by atoms with E-state index >= 15 is 0 Å². The molecule has 0 unspecified atom stereocenters. The molecular weight excluding hydrogens is 919 g/mol. The zero-order valence-corrected chi connectivity index (χ0v) is 37.6. The number of alkyl halides is 6. The highest BCUT2D eigenvalue weighted by atomic mass is 19.4. The standard InChI is InChI=1S/C60H34F6N6/c61-59(62,63)40-27-30-52-47(33-40)43-20-9-11-23-49(43)71(52)51-29-26-38(42-19-8-7-18-39(42)35-67)32-46(51)45-22-13-25-54(72-50-24-12-10-21-44(50)48-34-41(60(64,65)66)28-31-53(48)72)55(45)58-69-56(36-14-3-1-4-15-36)68-57(70-58)37-16-5-2-6-17-37/h1-34H. The fourth-order valence-corrected chi connectivity index (χ4v) is 9.87. The van der Waals surface area contributed by atoms with Gasteiger partial charge in [-0.15, -0.1) is 0 Å². The predicted molar refractivity (Wildman–Crippen MR) is 270 cm³/mol. The van der Waals surface area contributed by atoms with Gasteiger partial charge in [0.1, 0.15) is 0 Å². The molecular formula is C60H34F6N6. The highest BCUT2D eigenvalue weighted by molar-refractivity contribution is 6.12. The highest BCUT2D eigenvalue weighted by Gasteiger charge is 2.33. The van der Waals surface area contributed by atoms with Crippen LogP contribution in [0.15, 0.2) is 206 Å². The average Bonchev–Trinajstić information content (AvgIpc) is 3.92. The third kappa shape index (κ3) is 7.41. The molecule has 12 aromatic rings. The van der Waals surface area contributed by atoms with Gasteiger partial charge in [-0.25, -0.2) is 15.0 Å². The topological polar surface area (TPSA) is 72.3 Å². The van der Waals surface area contributed by atoms with Crippen LogP contribution in [0.25, 0.3) is 111 Å². The van der Waals surface area contributed by atoms with Gasteiger partial charge in [0.25, 0.3) is 0 Å². The van der Waals surface area contributed by atoms with Crippen LogP contribution in [-0.2, 0) is 12.4 Å². The minimum atomic E-state index is -4.61. The second-order valence-electron chi connectivity index (χ2n) is 17.3. The van der Waals surface area contributed by atoms with Crippen molar-refractivity contribution in [3.8, 4) is 73.9 Å². The molecule has 0 amide bonds. The van der Waals surface area contributed by atoms with Gasteiger partial charge in [-0.2, -0.15) is 31.6 Å². The number of aromatic nitrogens is 5. The van der Waals surface area contributed by atoms with Gasteiger partial charge in [0.15, 0.2) is 17.5 Å². The average molecular weight is 953 g/mol. The van der Waals surface area contributed by atoms with Crippen molar-refractivity contribution in [2.75, 3.05) is 0 Å². The number of nitrogens with zero attached hydrogens (tertiary/aromatic N) is 6. The second-order valence-corrected chi connectivity index (χ2v) is 17.3. The number of rotatable bonds is 7. The van der Waals surface area contributed by atoms with Crippen LogP contribution in [-0.4, -0.2) is 24.1 Å².